The maximum atomic E-state index is 12.7. The van der Waals surface area contributed by atoms with E-state index in [4.69, 9.17) is 14.2 Å². The van der Waals surface area contributed by atoms with Gasteiger partial charge in [-0.2, -0.15) is 0 Å². The van der Waals surface area contributed by atoms with Crippen molar-refractivity contribution in [2.24, 2.45) is 0 Å². The summed E-state index contributed by atoms with van der Waals surface area (Å²) in [4.78, 5) is 37.0. The second-order valence-corrected chi connectivity index (χ2v) is 14.8. The molecule has 0 aromatic rings. The number of carbonyl (C=O) groups is 3. The molecule has 322 valence electrons. The molecule has 0 aliphatic rings. The lowest BCUT2D eigenvalue weighted by atomic mass is 10.1. The summed E-state index contributed by atoms with van der Waals surface area (Å²) < 4.78 is 17.2. The SMILES string of the molecule is CC/C=C/C=C/C=C/C=C/C=C/C=C/C=C/CCCCCC(=O)OCC(COCCC(C(=O)O)[N+](C)(C)C)OC(=O)CCCCCCC/C=C/C=C/C=C/C=C/CC. The number of ether oxygens (including phenoxy) is 3. The summed E-state index contributed by atoms with van der Waals surface area (Å²) in [5.74, 6) is -1.58. The van der Waals surface area contributed by atoms with Crippen LogP contribution in [-0.2, 0) is 28.6 Å². The summed E-state index contributed by atoms with van der Waals surface area (Å²) in [5.41, 5.74) is 0. The highest BCUT2D eigenvalue weighted by atomic mass is 16.6. The number of hydrogen-bond donors (Lipinski definition) is 1. The summed E-state index contributed by atoms with van der Waals surface area (Å²) in [7, 11) is 5.48. The summed E-state index contributed by atoms with van der Waals surface area (Å²) in [6.07, 6.45) is 56.3. The number of hydrogen-bond acceptors (Lipinski definition) is 6. The van der Waals surface area contributed by atoms with Gasteiger partial charge < -0.3 is 23.8 Å². The number of carboxylic acids is 1. The molecule has 0 rings (SSSR count). The lowest BCUT2D eigenvalue weighted by molar-refractivity contribution is -0.887. The monoisotopic (exact) mass is 803 g/mol. The fraction of sp³-hybridized carbons (Fsp3) is 0.500. The molecule has 2 atom stereocenters. The zero-order chi connectivity index (χ0) is 42.8. The van der Waals surface area contributed by atoms with E-state index in [1.165, 1.54) is 0 Å². The molecule has 0 spiro atoms. The van der Waals surface area contributed by atoms with Crippen molar-refractivity contribution in [2.45, 2.75) is 122 Å². The van der Waals surface area contributed by atoms with Gasteiger partial charge in [-0.15, -0.1) is 0 Å². The third kappa shape index (κ3) is 37.1. The van der Waals surface area contributed by atoms with Crippen LogP contribution in [-0.4, -0.2) is 80.6 Å². The number of rotatable bonds is 35. The molecule has 0 fully saturated rings. The van der Waals surface area contributed by atoms with E-state index < -0.39 is 18.1 Å². The third-order valence-electron chi connectivity index (χ3n) is 8.58. The van der Waals surface area contributed by atoms with Gasteiger partial charge in [-0.3, -0.25) is 9.59 Å². The zero-order valence-corrected chi connectivity index (χ0v) is 36.4. The Kier molecular flexibility index (Phi) is 36.2. The van der Waals surface area contributed by atoms with E-state index >= 15 is 0 Å². The molecule has 0 aromatic carbocycles. The number of carboxylic acid groups (broad SMARTS) is 1. The number of carbonyl (C=O) groups excluding carboxylic acids is 2. The minimum absolute atomic E-state index is 0.0251. The topological polar surface area (TPSA) is 99.1 Å². The summed E-state index contributed by atoms with van der Waals surface area (Å²) >= 11 is 0. The molecule has 8 nitrogen and oxygen atoms in total. The van der Waals surface area contributed by atoms with E-state index in [9.17, 15) is 19.5 Å². The van der Waals surface area contributed by atoms with Gasteiger partial charge in [0.05, 0.1) is 34.4 Å². The summed E-state index contributed by atoms with van der Waals surface area (Å²) in [5, 5.41) is 9.62. The van der Waals surface area contributed by atoms with Crippen LogP contribution in [0.5, 0.6) is 0 Å². The molecule has 8 heteroatoms. The largest absolute Gasteiger partial charge is 0.477 e. The van der Waals surface area contributed by atoms with Crippen molar-refractivity contribution < 1.29 is 38.2 Å². The molecule has 1 N–H and O–H groups in total. The first-order valence-electron chi connectivity index (χ1n) is 21.4. The Balaban J connectivity index is 4.55. The van der Waals surface area contributed by atoms with Crippen LogP contribution >= 0.6 is 0 Å². The number of aliphatic carboxylic acids is 1. The average molecular weight is 803 g/mol. The summed E-state index contributed by atoms with van der Waals surface area (Å²) in [6, 6.07) is -0.636. The van der Waals surface area contributed by atoms with Crippen molar-refractivity contribution in [1.29, 1.82) is 0 Å². The number of allylic oxidation sites excluding steroid dienone is 22. The number of nitrogens with zero attached hydrogens (tertiary/aromatic N) is 1. The highest BCUT2D eigenvalue weighted by molar-refractivity contribution is 5.72. The molecule has 0 aliphatic heterocycles. The Bertz CT molecular complexity index is 1400. The fourth-order valence-corrected chi connectivity index (χ4v) is 5.32. The van der Waals surface area contributed by atoms with Crippen LogP contribution in [0.25, 0.3) is 0 Å². The maximum absolute atomic E-state index is 12.7. The minimum Gasteiger partial charge on any atom is -0.477 e. The van der Waals surface area contributed by atoms with Gasteiger partial charge in [0.1, 0.15) is 6.61 Å². The Labute approximate surface area is 352 Å². The molecule has 0 amide bonds. The van der Waals surface area contributed by atoms with Crippen LogP contribution in [0.1, 0.15) is 110 Å². The van der Waals surface area contributed by atoms with Gasteiger partial charge in [-0.1, -0.05) is 173 Å². The van der Waals surface area contributed by atoms with Crippen molar-refractivity contribution in [3.8, 4) is 0 Å². The standard InChI is InChI=1S/C50H75NO7/c1-6-8-10-12-14-16-18-20-22-23-24-25-27-28-30-32-34-36-38-40-48(52)57-45-46(44-56-43-42-47(50(54)55)51(3,4)5)58-49(53)41-39-37-35-33-31-29-26-21-19-17-15-13-11-9-7-2/h8-28,30,46-47H,6-7,29,31-45H2,1-5H3/p+1/b10-8+,11-9+,14-12+,15-13+,18-16+,19-17+,22-20+,24-23+,26-21+,27-25+,30-28+. The number of likely N-dealkylation sites (N-methyl/N-ethyl adjacent to an activating group) is 1. The van der Waals surface area contributed by atoms with Crippen LogP contribution < -0.4 is 0 Å². The Morgan fingerprint density at radius 3 is 1.36 bits per heavy atom. The van der Waals surface area contributed by atoms with E-state index in [2.05, 4.69) is 44.2 Å². The van der Waals surface area contributed by atoms with Crippen LogP contribution in [0.15, 0.2) is 134 Å². The van der Waals surface area contributed by atoms with Crippen molar-refractivity contribution in [2.75, 3.05) is 41.0 Å². The first-order valence-corrected chi connectivity index (χ1v) is 21.4. The molecule has 2 unspecified atom stereocenters. The predicted molar refractivity (Wildman–Crippen MR) is 242 cm³/mol. The van der Waals surface area contributed by atoms with Gasteiger partial charge in [0.25, 0.3) is 0 Å². The van der Waals surface area contributed by atoms with Crippen molar-refractivity contribution >= 4 is 17.9 Å². The van der Waals surface area contributed by atoms with E-state index in [1.807, 2.05) is 124 Å². The first-order chi connectivity index (χ1) is 28.1. The van der Waals surface area contributed by atoms with Gasteiger partial charge in [-0.05, 0) is 51.4 Å². The lowest BCUT2D eigenvalue weighted by Gasteiger charge is -2.31. The highest BCUT2D eigenvalue weighted by Crippen LogP contribution is 2.12. The van der Waals surface area contributed by atoms with Crippen molar-refractivity contribution in [1.82, 2.24) is 0 Å². The van der Waals surface area contributed by atoms with E-state index in [-0.39, 0.29) is 49.1 Å². The van der Waals surface area contributed by atoms with Gasteiger partial charge in [0, 0.05) is 19.3 Å². The smallest absolute Gasteiger partial charge is 0.362 e. The molecule has 0 radical (unpaired) electrons. The van der Waals surface area contributed by atoms with Crippen LogP contribution in [0.2, 0.25) is 0 Å². The Morgan fingerprint density at radius 1 is 0.517 bits per heavy atom. The Morgan fingerprint density at radius 2 is 0.914 bits per heavy atom. The van der Waals surface area contributed by atoms with Gasteiger partial charge in [-0.25, -0.2) is 4.79 Å². The van der Waals surface area contributed by atoms with Crippen molar-refractivity contribution in [3.05, 3.63) is 134 Å². The Hall–Kier alpha value is -4.53. The lowest BCUT2D eigenvalue weighted by Crippen LogP contribution is -2.50. The number of quaternary nitrogens is 1. The first kappa shape index (κ1) is 53.5. The molecular formula is C50H76NO7+. The third-order valence-corrected chi connectivity index (χ3v) is 8.58. The molecule has 0 bridgehead atoms. The minimum atomic E-state index is -0.894. The average Bonchev–Trinajstić information content (AvgIpc) is 3.18. The second kappa shape index (κ2) is 39.3. The van der Waals surface area contributed by atoms with E-state index in [0.29, 0.717) is 12.8 Å². The van der Waals surface area contributed by atoms with Crippen LogP contribution in [0, 0.1) is 0 Å². The van der Waals surface area contributed by atoms with Crippen LogP contribution in [0.4, 0.5) is 0 Å². The molecule has 58 heavy (non-hydrogen) atoms. The van der Waals surface area contributed by atoms with Gasteiger partial charge in [0.2, 0.25) is 0 Å². The van der Waals surface area contributed by atoms with Gasteiger partial charge in [0.15, 0.2) is 12.1 Å². The van der Waals surface area contributed by atoms with Gasteiger partial charge >= 0.3 is 17.9 Å². The van der Waals surface area contributed by atoms with E-state index in [0.717, 1.165) is 70.6 Å². The molecule has 0 aliphatic carbocycles. The summed E-state index contributed by atoms with van der Waals surface area (Å²) in [6.45, 7) is 4.33. The second-order valence-electron chi connectivity index (χ2n) is 14.8. The van der Waals surface area contributed by atoms with E-state index in [1.54, 1.807) is 0 Å². The molecule has 0 aromatic heterocycles. The molecule has 0 saturated heterocycles. The molecular weight excluding hydrogens is 727 g/mol. The quantitative estimate of drug-likeness (QED) is 0.0295. The van der Waals surface area contributed by atoms with Crippen LogP contribution in [0.3, 0.4) is 0 Å². The normalized spacial score (nSPS) is 14.3. The number of esters is 2. The molecule has 0 saturated carbocycles. The molecule has 0 heterocycles. The number of unbranched alkanes of at least 4 members (excludes halogenated alkanes) is 8. The maximum Gasteiger partial charge on any atom is 0.362 e. The zero-order valence-electron chi connectivity index (χ0n) is 36.4. The predicted octanol–water partition coefficient (Wildman–Crippen LogP) is 11.6. The highest BCUT2D eigenvalue weighted by Gasteiger charge is 2.31. The van der Waals surface area contributed by atoms with Crippen molar-refractivity contribution in [3.63, 3.8) is 0 Å². The fourth-order valence-electron chi connectivity index (χ4n) is 5.32.